The third-order valence-electron chi connectivity index (χ3n) is 4.82. The van der Waals surface area contributed by atoms with Crippen molar-refractivity contribution in [1.82, 2.24) is 14.6 Å². The zero-order valence-electron chi connectivity index (χ0n) is 18.3. The van der Waals surface area contributed by atoms with Gasteiger partial charge >= 0.3 is 0 Å². The monoisotopic (exact) mass is 447 g/mol. The maximum atomic E-state index is 12.4. The SMILES string of the molecule is CCOc1ccc(-c2cc3c(SCC(=O)Nc4ccc(N(C)C)cc4)nccn3n2)cc1. The molecule has 0 unspecified atom stereocenters. The largest absolute Gasteiger partial charge is 0.494 e. The number of thioether (sulfide) groups is 1. The molecule has 7 nitrogen and oxygen atoms in total. The van der Waals surface area contributed by atoms with Crippen LogP contribution < -0.4 is 15.0 Å². The first kappa shape index (κ1) is 21.7. The normalized spacial score (nSPS) is 10.8. The number of nitrogens with zero attached hydrogens (tertiary/aromatic N) is 4. The lowest BCUT2D eigenvalue weighted by Gasteiger charge is -2.13. The Morgan fingerprint density at radius 2 is 1.88 bits per heavy atom. The summed E-state index contributed by atoms with van der Waals surface area (Å²) in [6.07, 6.45) is 3.51. The molecular formula is C24H25N5O2S. The van der Waals surface area contributed by atoms with Gasteiger partial charge in [0.25, 0.3) is 0 Å². The van der Waals surface area contributed by atoms with E-state index < -0.39 is 0 Å². The van der Waals surface area contributed by atoms with Crippen LogP contribution >= 0.6 is 11.8 Å². The highest BCUT2D eigenvalue weighted by molar-refractivity contribution is 8.00. The molecule has 4 aromatic rings. The molecule has 0 fully saturated rings. The van der Waals surface area contributed by atoms with E-state index in [0.29, 0.717) is 6.61 Å². The van der Waals surface area contributed by atoms with Crippen molar-refractivity contribution in [2.75, 3.05) is 36.7 Å². The summed E-state index contributed by atoms with van der Waals surface area (Å²) in [6.45, 7) is 2.60. The highest BCUT2D eigenvalue weighted by Crippen LogP contribution is 2.27. The summed E-state index contributed by atoms with van der Waals surface area (Å²) in [6, 6.07) is 17.6. The second-order valence-corrected chi connectivity index (χ2v) is 8.29. The van der Waals surface area contributed by atoms with Crippen LogP contribution in [0, 0.1) is 0 Å². The van der Waals surface area contributed by atoms with Gasteiger partial charge in [0, 0.05) is 43.4 Å². The number of rotatable bonds is 8. The Labute approximate surface area is 191 Å². The molecule has 1 N–H and O–H groups in total. The summed E-state index contributed by atoms with van der Waals surface area (Å²) in [4.78, 5) is 18.9. The van der Waals surface area contributed by atoms with Crippen LogP contribution in [0.4, 0.5) is 11.4 Å². The van der Waals surface area contributed by atoms with Gasteiger partial charge in [-0.25, -0.2) is 9.50 Å². The summed E-state index contributed by atoms with van der Waals surface area (Å²) in [5.74, 6) is 1.01. The molecule has 2 aromatic carbocycles. The Morgan fingerprint density at radius 1 is 1.12 bits per heavy atom. The van der Waals surface area contributed by atoms with Crippen LogP contribution in [-0.4, -0.2) is 47.0 Å². The van der Waals surface area contributed by atoms with Gasteiger partial charge in [-0.1, -0.05) is 11.8 Å². The van der Waals surface area contributed by atoms with Crippen molar-refractivity contribution >= 4 is 34.6 Å². The van der Waals surface area contributed by atoms with Crippen LogP contribution in [0.3, 0.4) is 0 Å². The quantitative estimate of drug-likeness (QED) is 0.398. The molecule has 2 aromatic heterocycles. The Balaban J connectivity index is 1.44. The minimum Gasteiger partial charge on any atom is -0.494 e. The highest BCUT2D eigenvalue weighted by atomic mass is 32.2. The van der Waals surface area contributed by atoms with Gasteiger partial charge in [0.15, 0.2) is 0 Å². The first-order valence-corrected chi connectivity index (χ1v) is 11.3. The summed E-state index contributed by atoms with van der Waals surface area (Å²) in [5.41, 5.74) is 4.55. The predicted octanol–water partition coefficient (Wildman–Crippen LogP) is 4.59. The molecule has 2 heterocycles. The molecule has 0 aliphatic carbocycles. The molecule has 4 rings (SSSR count). The number of hydrogen-bond donors (Lipinski definition) is 1. The average molecular weight is 448 g/mol. The molecule has 0 bridgehead atoms. The van der Waals surface area contributed by atoms with Crippen LogP contribution in [0.1, 0.15) is 6.92 Å². The third-order valence-corrected chi connectivity index (χ3v) is 5.82. The molecule has 8 heteroatoms. The Bertz CT molecular complexity index is 1200. The van der Waals surface area contributed by atoms with Crippen molar-refractivity contribution in [3.8, 4) is 17.0 Å². The molecule has 1 amide bonds. The van der Waals surface area contributed by atoms with Gasteiger partial charge in [-0.2, -0.15) is 5.10 Å². The van der Waals surface area contributed by atoms with E-state index in [2.05, 4.69) is 15.4 Å². The number of hydrogen-bond acceptors (Lipinski definition) is 6. The van der Waals surface area contributed by atoms with Crippen molar-refractivity contribution in [2.45, 2.75) is 11.9 Å². The van der Waals surface area contributed by atoms with Crippen LogP contribution in [0.2, 0.25) is 0 Å². The number of fused-ring (bicyclic) bond motifs is 1. The van der Waals surface area contributed by atoms with E-state index in [4.69, 9.17) is 4.74 Å². The Morgan fingerprint density at radius 3 is 2.56 bits per heavy atom. The topological polar surface area (TPSA) is 71.8 Å². The molecule has 0 spiro atoms. The number of carbonyl (C=O) groups excluding carboxylic acids is 1. The molecule has 0 atom stereocenters. The second-order valence-electron chi connectivity index (χ2n) is 7.33. The van der Waals surface area contributed by atoms with Crippen LogP contribution in [0.5, 0.6) is 5.75 Å². The van der Waals surface area contributed by atoms with Crippen molar-refractivity contribution in [1.29, 1.82) is 0 Å². The van der Waals surface area contributed by atoms with Gasteiger partial charge in [0.1, 0.15) is 10.8 Å². The maximum Gasteiger partial charge on any atom is 0.234 e. The van der Waals surface area contributed by atoms with Crippen molar-refractivity contribution in [3.05, 3.63) is 67.0 Å². The van der Waals surface area contributed by atoms with Crippen molar-refractivity contribution in [2.24, 2.45) is 0 Å². The van der Waals surface area contributed by atoms with E-state index in [9.17, 15) is 4.79 Å². The fourth-order valence-corrected chi connectivity index (χ4v) is 3.99. The molecule has 0 saturated carbocycles. The zero-order chi connectivity index (χ0) is 22.5. The number of aromatic nitrogens is 3. The van der Waals surface area contributed by atoms with Crippen molar-refractivity contribution < 1.29 is 9.53 Å². The molecule has 0 aliphatic rings. The van der Waals surface area contributed by atoms with Gasteiger partial charge < -0.3 is 15.0 Å². The van der Waals surface area contributed by atoms with Crippen LogP contribution in [0.15, 0.2) is 72.0 Å². The Hall–Kier alpha value is -3.52. The van der Waals surface area contributed by atoms with E-state index in [-0.39, 0.29) is 11.7 Å². The summed E-state index contributed by atoms with van der Waals surface area (Å²) >= 11 is 1.39. The molecule has 0 aliphatic heterocycles. The second kappa shape index (κ2) is 9.74. The minimum absolute atomic E-state index is 0.0809. The molecular weight excluding hydrogens is 422 g/mol. The summed E-state index contributed by atoms with van der Waals surface area (Å²) in [7, 11) is 3.96. The van der Waals surface area contributed by atoms with E-state index in [1.54, 1.807) is 10.7 Å². The molecule has 0 saturated heterocycles. The number of benzene rings is 2. The summed E-state index contributed by atoms with van der Waals surface area (Å²) in [5, 5.41) is 8.35. The fourth-order valence-electron chi connectivity index (χ4n) is 3.21. The number of ether oxygens (including phenoxy) is 1. The highest BCUT2D eigenvalue weighted by Gasteiger charge is 2.12. The third kappa shape index (κ3) is 5.03. The average Bonchev–Trinajstić information content (AvgIpc) is 3.24. The van der Waals surface area contributed by atoms with E-state index >= 15 is 0 Å². The summed E-state index contributed by atoms with van der Waals surface area (Å²) < 4.78 is 7.30. The number of amides is 1. The van der Waals surface area contributed by atoms with Gasteiger partial charge in [0.05, 0.1) is 23.6 Å². The number of carbonyl (C=O) groups is 1. The number of nitrogens with one attached hydrogen (secondary N) is 1. The van der Waals surface area contributed by atoms with Crippen molar-refractivity contribution in [3.63, 3.8) is 0 Å². The molecule has 164 valence electrons. The van der Waals surface area contributed by atoms with Gasteiger partial charge in [0.2, 0.25) is 5.91 Å². The van der Waals surface area contributed by atoms with E-state index in [1.165, 1.54) is 11.8 Å². The molecule has 0 radical (unpaired) electrons. The maximum absolute atomic E-state index is 12.4. The first-order chi connectivity index (χ1) is 15.5. The first-order valence-electron chi connectivity index (χ1n) is 10.3. The van der Waals surface area contributed by atoms with Gasteiger partial charge in [-0.3, -0.25) is 4.79 Å². The smallest absolute Gasteiger partial charge is 0.234 e. The predicted molar refractivity (Wildman–Crippen MR) is 130 cm³/mol. The lowest BCUT2D eigenvalue weighted by Crippen LogP contribution is -2.14. The van der Waals surface area contributed by atoms with Crippen LogP contribution in [-0.2, 0) is 4.79 Å². The zero-order valence-corrected chi connectivity index (χ0v) is 19.1. The fraction of sp³-hybridized carbons (Fsp3) is 0.208. The standard InChI is InChI=1S/C24H25N5O2S/c1-4-31-20-11-5-17(6-12-20)21-15-22-24(25-13-14-29(22)27-21)32-16-23(30)26-18-7-9-19(10-8-18)28(2)3/h5-15H,4,16H2,1-3H3,(H,26,30). The van der Waals surface area contributed by atoms with E-state index in [0.717, 1.165) is 38.9 Å². The lowest BCUT2D eigenvalue weighted by molar-refractivity contribution is -0.113. The minimum atomic E-state index is -0.0809. The Kier molecular flexibility index (Phi) is 6.61. The molecule has 32 heavy (non-hydrogen) atoms. The lowest BCUT2D eigenvalue weighted by atomic mass is 10.1. The number of anilines is 2. The van der Waals surface area contributed by atoms with E-state index in [1.807, 2.05) is 86.7 Å². The van der Waals surface area contributed by atoms with Crippen LogP contribution in [0.25, 0.3) is 16.8 Å². The van der Waals surface area contributed by atoms with Gasteiger partial charge in [-0.15, -0.1) is 0 Å². The van der Waals surface area contributed by atoms with Gasteiger partial charge in [-0.05, 0) is 61.5 Å².